The molecule has 0 saturated carbocycles. The Hall–Kier alpha value is -1.57. The summed E-state index contributed by atoms with van der Waals surface area (Å²) in [6.07, 6.45) is 0. The fourth-order valence-corrected chi connectivity index (χ4v) is 1.81. The lowest BCUT2D eigenvalue weighted by molar-refractivity contribution is 0.102. The normalized spacial score (nSPS) is 10.3. The van der Waals surface area contributed by atoms with E-state index < -0.39 is 29.0 Å². The zero-order valence-corrected chi connectivity index (χ0v) is 11.5. The molecule has 1 N–H and O–H groups in total. The largest absolute Gasteiger partial charge is 0.317 e. The smallest absolute Gasteiger partial charge is 0.255 e. The first-order valence-corrected chi connectivity index (χ1v) is 6.26. The number of carbonyl (C=O) groups is 1. The summed E-state index contributed by atoms with van der Waals surface area (Å²) >= 11 is 2.06. The van der Waals surface area contributed by atoms with Crippen LogP contribution < -0.4 is 5.32 Å². The Morgan fingerprint density at radius 2 is 1.53 bits per heavy atom. The van der Waals surface area contributed by atoms with Crippen molar-refractivity contribution < 1.29 is 18.0 Å². The second-order valence-electron chi connectivity index (χ2n) is 3.71. The molecule has 0 unspecified atom stereocenters. The second kappa shape index (κ2) is 5.60. The number of amides is 1. The molecule has 0 aliphatic heterocycles. The summed E-state index contributed by atoms with van der Waals surface area (Å²) in [7, 11) is 0. The molecule has 0 spiro atoms. The molecule has 1 amide bonds. The van der Waals surface area contributed by atoms with Crippen molar-refractivity contribution in [3.8, 4) is 0 Å². The third-order valence-corrected chi connectivity index (χ3v) is 3.07. The molecule has 2 aromatic carbocycles. The maximum absolute atomic E-state index is 13.4. The van der Waals surface area contributed by atoms with Gasteiger partial charge in [-0.1, -0.05) is 0 Å². The summed E-state index contributed by atoms with van der Waals surface area (Å²) in [4.78, 5) is 11.8. The number of hydrogen-bond acceptors (Lipinski definition) is 1. The second-order valence-corrected chi connectivity index (χ2v) is 4.95. The summed E-state index contributed by atoms with van der Waals surface area (Å²) in [5.74, 6) is -4.02. The van der Waals surface area contributed by atoms with E-state index in [1.165, 1.54) is 12.1 Å². The maximum atomic E-state index is 13.4. The molecule has 98 valence electrons. The van der Waals surface area contributed by atoms with Gasteiger partial charge in [-0.15, -0.1) is 0 Å². The minimum absolute atomic E-state index is 0.253. The van der Waals surface area contributed by atoms with Crippen LogP contribution in [0.3, 0.4) is 0 Å². The molecular weight excluding hydrogens is 370 g/mol. The lowest BCUT2D eigenvalue weighted by atomic mass is 10.2. The van der Waals surface area contributed by atoms with E-state index in [1.54, 1.807) is 12.1 Å². The van der Waals surface area contributed by atoms with E-state index in [2.05, 4.69) is 27.9 Å². The average Bonchev–Trinajstić information content (AvgIpc) is 2.34. The number of rotatable bonds is 2. The topological polar surface area (TPSA) is 29.1 Å². The molecule has 0 aliphatic carbocycles. The molecule has 6 heteroatoms. The van der Waals surface area contributed by atoms with Crippen LogP contribution in [-0.2, 0) is 0 Å². The van der Waals surface area contributed by atoms with Crippen molar-refractivity contribution in [1.82, 2.24) is 0 Å². The number of hydrogen-bond donors (Lipinski definition) is 1. The van der Waals surface area contributed by atoms with E-state index in [9.17, 15) is 18.0 Å². The first kappa shape index (κ1) is 13.9. The summed E-state index contributed by atoms with van der Waals surface area (Å²) in [5, 5.41) is 2.08. The molecule has 2 aromatic rings. The average molecular weight is 377 g/mol. The van der Waals surface area contributed by atoms with Crippen molar-refractivity contribution in [1.29, 1.82) is 0 Å². The van der Waals surface area contributed by atoms with Gasteiger partial charge in [0.15, 0.2) is 11.6 Å². The Balaban J connectivity index is 2.26. The highest BCUT2D eigenvalue weighted by atomic mass is 127. The van der Waals surface area contributed by atoms with Gasteiger partial charge in [0, 0.05) is 21.3 Å². The fourth-order valence-electron chi connectivity index (χ4n) is 1.45. The highest BCUT2D eigenvalue weighted by Gasteiger charge is 2.15. The Morgan fingerprint density at radius 3 is 2.05 bits per heavy atom. The van der Waals surface area contributed by atoms with Crippen LogP contribution in [-0.4, -0.2) is 5.91 Å². The molecule has 0 aliphatic rings. The fraction of sp³-hybridized carbons (Fsp3) is 0. The van der Waals surface area contributed by atoms with Crippen LogP contribution >= 0.6 is 22.6 Å². The molecule has 2 rings (SSSR count). The predicted molar refractivity (Wildman–Crippen MR) is 73.4 cm³/mol. The number of nitrogens with one attached hydrogen (secondary N) is 1. The van der Waals surface area contributed by atoms with Crippen molar-refractivity contribution in [3.05, 3.63) is 63.0 Å². The van der Waals surface area contributed by atoms with Crippen LogP contribution in [0.25, 0.3) is 0 Å². The molecule has 0 saturated heterocycles. The first-order chi connectivity index (χ1) is 8.97. The van der Waals surface area contributed by atoms with Gasteiger partial charge in [0.05, 0.1) is 0 Å². The summed E-state index contributed by atoms with van der Waals surface area (Å²) in [5.41, 5.74) is -0.409. The van der Waals surface area contributed by atoms with Gasteiger partial charge in [0.1, 0.15) is 11.5 Å². The number of carbonyl (C=O) groups excluding carboxylic acids is 1. The van der Waals surface area contributed by atoms with Crippen LogP contribution in [0.1, 0.15) is 10.4 Å². The van der Waals surface area contributed by atoms with Gasteiger partial charge in [-0.3, -0.25) is 4.79 Å². The van der Waals surface area contributed by atoms with Gasteiger partial charge in [-0.2, -0.15) is 0 Å². The highest BCUT2D eigenvalue weighted by molar-refractivity contribution is 14.1. The lowest BCUT2D eigenvalue weighted by Crippen LogP contribution is -2.14. The van der Waals surface area contributed by atoms with E-state index in [4.69, 9.17) is 0 Å². The van der Waals surface area contributed by atoms with Crippen molar-refractivity contribution >= 4 is 34.2 Å². The van der Waals surface area contributed by atoms with Crippen LogP contribution in [0.2, 0.25) is 0 Å². The zero-order chi connectivity index (χ0) is 14.0. The standard InChI is InChI=1S/C13H7F3INO/c14-8-5-10(15)12(11(16)6-8)18-13(19)7-1-3-9(17)4-2-7/h1-6H,(H,18,19). The molecule has 0 aromatic heterocycles. The Labute approximate surface area is 120 Å². The monoisotopic (exact) mass is 377 g/mol. The van der Waals surface area contributed by atoms with E-state index in [0.717, 1.165) is 3.57 Å². The third kappa shape index (κ3) is 3.25. The number of halogens is 4. The Morgan fingerprint density at radius 1 is 1.00 bits per heavy atom. The van der Waals surface area contributed by atoms with Crippen molar-refractivity contribution in [3.63, 3.8) is 0 Å². The molecular formula is C13H7F3INO. The minimum atomic E-state index is -1.16. The van der Waals surface area contributed by atoms with Gasteiger partial charge in [0.25, 0.3) is 5.91 Å². The van der Waals surface area contributed by atoms with Crippen LogP contribution in [0, 0.1) is 21.0 Å². The predicted octanol–water partition coefficient (Wildman–Crippen LogP) is 3.96. The van der Waals surface area contributed by atoms with Crippen LogP contribution in [0.5, 0.6) is 0 Å². The van der Waals surface area contributed by atoms with Crippen molar-refractivity contribution in [2.45, 2.75) is 0 Å². The van der Waals surface area contributed by atoms with E-state index >= 15 is 0 Å². The SMILES string of the molecule is O=C(Nc1c(F)cc(F)cc1F)c1ccc(I)cc1. The lowest BCUT2D eigenvalue weighted by Gasteiger charge is -2.08. The summed E-state index contributed by atoms with van der Waals surface area (Å²) < 4.78 is 40.4. The molecule has 0 bridgehead atoms. The Bertz CT molecular complexity index is 605. The Kier molecular flexibility index (Phi) is 4.08. The van der Waals surface area contributed by atoms with Crippen LogP contribution in [0.15, 0.2) is 36.4 Å². The van der Waals surface area contributed by atoms with E-state index in [1.807, 2.05) is 0 Å². The molecule has 0 fully saturated rings. The van der Waals surface area contributed by atoms with Crippen molar-refractivity contribution in [2.24, 2.45) is 0 Å². The number of anilines is 1. The van der Waals surface area contributed by atoms with Crippen LogP contribution in [0.4, 0.5) is 18.9 Å². The highest BCUT2D eigenvalue weighted by Crippen LogP contribution is 2.21. The van der Waals surface area contributed by atoms with Gasteiger partial charge in [-0.05, 0) is 46.9 Å². The molecule has 19 heavy (non-hydrogen) atoms. The number of benzene rings is 2. The third-order valence-electron chi connectivity index (χ3n) is 2.35. The summed E-state index contributed by atoms with van der Waals surface area (Å²) in [6.45, 7) is 0. The van der Waals surface area contributed by atoms with E-state index in [-0.39, 0.29) is 5.56 Å². The first-order valence-electron chi connectivity index (χ1n) is 5.19. The van der Waals surface area contributed by atoms with Gasteiger partial charge in [0.2, 0.25) is 0 Å². The van der Waals surface area contributed by atoms with Crippen molar-refractivity contribution in [2.75, 3.05) is 5.32 Å². The zero-order valence-electron chi connectivity index (χ0n) is 9.38. The molecule has 0 heterocycles. The van der Waals surface area contributed by atoms with E-state index in [0.29, 0.717) is 12.1 Å². The van der Waals surface area contributed by atoms with Gasteiger partial charge < -0.3 is 5.32 Å². The van der Waals surface area contributed by atoms with Gasteiger partial charge >= 0.3 is 0 Å². The maximum Gasteiger partial charge on any atom is 0.255 e. The quantitative estimate of drug-likeness (QED) is 0.789. The molecule has 2 nitrogen and oxygen atoms in total. The molecule has 0 radical (unpaired) electrons. The van der Waals surface area contributed by atoms with Gasteiger partial charge in [-0.25, -0.2) is 13.2 Å². The minimum Gasteiger partial charge on any atom is -0.317 e. The summed E-state index contributed by atoms with van der Waals surface area (Å²) in [6, 6.07) is 7.44. The molecule has 0 atom stereocenters.